The van der Waals surface area contributed by atoms with Gasteiger partial charge in [0, 0.05) is 18.6 Å². The van der Waals surface area contributed by atoms with Crippen LogP contribution in [0.2, 0.25) is 0 Å². The Labute approximate surface area is 104 Å². The molecule has 3 heterocycles. The molecule has 0 saturated heterocycles. The highest BCUT2D eigenvalue weighted by atomic mass is 79.9. The van der Waals surface area contributed by atoms with E-state index in [2.05, 4.69) is 41.2 Å². The van der Waals surface area contributed by atoms with Crippen LogP contribution in [-0.2, 0) is 0 Å². The highest BCUT2D eigenvalue weighted by Crippen LogP contribution is 2.11. The fourth-order valence-corrected chi connectivity index (χ4v) is 1.44. The molecule has 3 aromatic rings. The molecule has 0 aliphatic carbocycles. The molecule has 0 N–H and O–H groups in total. The first-order valence-corrected chi connectivity index (χ1v) is 5.44. The van der Waals surface area contributed by atoms with E-state index in [-0.39, 0.29) is 6.01 Å². The topological polar surface area (TPSA) is 78.6 Å². The van der Waals surface area contributed by atoms with Gasteiger partial charge in [0.15, 0.2) is 5.52 Å². The highest BCUT2D eigenvalue weighted by molar-refractivity contribution is 9.10. The number of halogens is 1. The smallest absolute Gasteiger partial charge is 0.314 e. The van der Waals surface area contributed by atoms with Crippen molar-refractivity contribution in [2.45, 2.75) is 0 Å². The molecule has 0 radical (unpaired) electrons. The Morgan fingerprint density at radius 3 is 2.82 bits per heavy atom. The SMILES string of the molecule is Brc1cnc(On2nnc3ncccc32)nc1. The van der Waals surface area contributed by atoms with E-state index < -0.39 is 0 Å². The van der Waals surface area contributed by atoms with E-state index in [9.17, 15) is 0 Å². The van der Waals surface area contributed by atoms with E-state index in [1.807, 2.05) is 0 Å². The van der Waals surface area contributed by atoms with Gasteiger partial charge in [-0.25, -0.2) is 15.0 Å². The molecule has 0 bridgehead atoms. The quantitative estimate of drug-likeness (QED) is 0.707. The minimum Gasteiger partial charge on any atom is -0.314 e. The fraction of sp³-hybridized carbons (Fsp3) is 0. The predicted octanol–water partition coefficient (Wildman–Crippen LogP) is 1.22. The van der Waals surface area contributed by atoms with E-state index in [0.717, 1.165) is 4.47 Å². The molecule has 17 heavy (non-hydrogen) atoms. The molecule has 0 aromatic carbocycles. The molecule has 0 unspecified atom stereocenters. The Morgan fingerprint density at radius 2 is 2.00 bits per heavy atom. The average Bonchev–Trinajstić information content (AvgIpc) is 2.76. The molecule has 0 atom stereocenters. The zero-order valence-electron chi connectivity index (χ0n) is 8.36. The van der Waals surface area contributed by atoms with Crippen molar-refractivity contribution in [2.75, 3.05) is 0 Å². The van der Waals surface area contributed by atoms with Gasteiger partial charge in [0.2, 0.25) is 5.65 Å². The number of hydrogen-bond donors (Lipinski definition) is 0. The van der Waals surface area contributed by atoms with E-state index in [1.54, 1.807) is 30.7 Å². The summed E-state index contributed by atoms with van der Waals surface area (Å²) < 4.78 is 0.773. The normalized spacial score (nSPS) is 10.6. The van der Waals surface area contributed by atoms with Crippen molar-refractivity contribution >= 4 is 27.1 Å². The molecule has 3 aromatic heterocycles. The maximum absolute atomic E-state index is 5.35. The standard InChI is InChI=1S/C9H5BrN6O/c10-6-4-12-9(13-5-6)17-16-7-2-1-3-11-8(7)14-15-16/h1-5H. The lowest BCUT2D eigenvalue weighted by Gasteiger charge is -2.01. The third kappa shape index (κ3) is 1.94. The number of rotatable bonds is 2. The summed E-state index contributed by atoms with van der Waals surface area (Å²) in [6.07, 6.45) is 4.80. The van der Waals surface area contributed by atoms with Crippen LogP contribution in [-0.4, -0.2) is 30.1 Å². The number of nitrogens with zero attached hydrogens (tertiary/aromatic N) is 6. The number of hydrogen-bond acceptors (Lipinski definition) is 6. The number of fused-ring (bicyclic) bond motifs is 1. The predicted molar refractivity (Wildman–Crippen MR) is 61.1 cm³/mol. The summed E-state index contributed by atoms with van der Waals surface area (Å²) in [6, 6.07) is 3.75. The molecular formula is C9H5BrN6O. The lowest BCUT2D eigenvalue weighted by Crippen LogP contribution is -2.09. The van der Waals surface area contributed by atoms with Gasteiger partial charge < -0.3 is 4.84 Å². The molecule has 0 amide bonds. The van der Waals surface area contributed by atoms with Crippen molar-refractivity contribution in [2.24, 2.45) is 0 Å². The first kappa shape index (κ1) is 10.1. The third-order valence-electron chi connectivity index (χ3n) is 1.96. The van der Waals surface area contributed by atoms with Crippen LogP contribution < -0.4 is 4.84 Å². The van der Waals surface area contributed by atoms with Crippen molar-refractivity contribution in [3.8, 4) is 6.01 Å². The largest absolute Gasteiger partial charge is 0.345 e. The monoisotopic (exact) mass is 292 g/mol. The molecule has 7 nitrogen and oxygen atoms in total. The van der Waals surface area contributed by atoms with Crippen molar-refractivity contribution in [1.29, 1.82) is 0 Å². The average molecular weight is 293 g/mol. The van der Waals surface area contributed by atoms with Crippen molar-refractivity contribution < 1.29 is 4.84 Å². The van der Waals surface area contributed by atoms with Gasteiger partial charge in [-0.1, -0.05) is 4.85 Å². The Balaban J connectivity index is 1.97. The highest BCUT2D eigenvalue weighted by Gasteiger charge is 2.07. The van der Waals surface area contributed by atoms with Crippen LogP contribution in [0.4, 0.5) is 0 Å². The van der Waals surface area contributed by atoms with Gasteiger partial charge in [-0.3, -0.25) is 0 Å². The zero-order valence-corrected chi connectivity index (χ0v) is 9.94. The molecule has 0 aliphatic heterocycles. The third-order valence-corrected chi connectivity index (χ3v) is 2.37. The maximum Gasteiger partial charge on any atom is 0.345 e. The van der Waals surface area contributed by atoms with Crippen LogP contribution in [0.25, 0.3) is 11.2 Å². The fourth-order valence-electron chi connectivity index (χ4n) is 1.24. The van der Waals surface area contributed by atoms with Crippen LogP contribution in [0.5, 0.6) is 6.01 Å². The van der Waals surface area contributed by atoms with Crippen molar-refractivity contribution in [3.63, 3.8) is 0 Å². The van der Waals surface area contributed by atoms with Crippen LogP contribution in [0.3, 0.4) is 0 Å². The minimum atomic E-state index is 0.184. The summed E-state index contributed by atoms with van der Waals surface area (Å²) in [5.41, 5.74) is 1.16. The Bertz CT molecular complexity index is 652. The molecule has 3 rings (SSSR count). The first-order valence-electron chi connectivity index (χ1n) is 4.65. The lowest BCUT2D eigenvalue weighted by molar-refractivity contribution is 0.166. The van der Waals surface area contributed by atoms with Gasteiger partial charge in [-0.15, -0.1) is 5.10 Å². The van der Waals surface area contributed by atoms with Crippen LogP contribution in [0.15, 0.2) is 35.2 Å². The van der Waals surface area contributed by atoms with E-state index in [0.29, 0.717) is 11.2 Å². The second-order valence-corrected chi connectivity index (χ2v) is 4.00. The Morgan fingerprint density at radius 1 is 1.18 bits per heavy atom. The summed E-state index contributed by atoms with van der Waals surface area (Å²) in [5, 5.41) is 7.65. The minimum absolute atomic E-state index is 0.184. The lowest BCUT2D eigenvalue weighted by atomic mass is 10.4. The second-order valence-electron chi connectivity index (χ2n) is 3.08. The summed E-state index contributed by atoms with van der Waals surface area (Å²) in [4.78, 5) is 18.6. The number of aromatic nitrogens is 6. The van der Waals surface area contributed by atoms with E-state index >= 15 is 0 Å². The molecule has 8 heteroatoms. The Kier molecular flexibility index (Phi) is 2.41. The zero-order chi connectivity index (χ0) is 11.7. The molecule has 0 saturated carbocycles. The molecule has 0 aliphatic rings. The van der Waals surface area contributed by atoms with Crippen molar-refractivity contribution in [3.05, 3.63) is 35.2 Å². The number of pyridine rings is 1. The van der Waals surface area contributed by atoms with Gasteiger partial charge in [0.05, 0.1) is 4.47 Å². The van der Waals surface area contributed by atoms with E-state index in [1.165, 1.54) is 4.85 Å². The first-order chi connectivity index (χ1) is 8.33. The Hall–Kier alpha value is -2.09. The second kappa shape index (κ2) is 4.06. The maximum atomic E-state index is 5.35. The van der Waals surface area contributed by atoms with Crippen molar-refractivity contribution in [1.82, 2.24) is 30.1 Å². The van der Waals surface area contributed by atoms with E-state index in [4.69, 9.17) is 4.84 Å². The van der Waals surface area contributed by atoms with Crippen LogP contribution >= 0.6 is 15.9 Å². The summed E-state index contributed by atoms with van der Waals surface area (Å²) in [6.45, 7) is 0. The molecular weight excluding hydrogens is 288 g/mol. The summed E-state index contributed by atoms with van der Waals surface area (Å²) in [7, 11) is 0. The van der Waals surface area contributed by atoms with Crippen LogP contribution in [0, 0.1) is 0 Å². The van der Waals surface area contributed by atoms with Crippen LogP contribution in [0.1, 0.15) is 0 Å². The summed E-state index contributed by atoms with van der Waals surface area (Å²) >= 11 is 3.24. The summed E-state index contributed by atoms with van der Waals surface area (Å²) in [5.74, 6) is 0. The molecule has 0 spiro atoms. The van der Waals surface area contributed by atoms with Gasteiger partial charge >= 0.3 is 6.01 Å². The van der Waals surface area contributed by atoms with Gasteiger partial charge in [-0.2, -0.15) is 0 Å². The van der Waals surface area contributed by atoms with Gasteiger partial charge in [-0.05, 0) is 33.3 Å². The van der Waals surface area contributed by atoms with Gasteiger partial charge in [0.1, 0.15) is 0 Å². The molecule has 84 valence electrons. The molecule has 0 fully saturated rings. The van der Waals surface area contributed by atoms with Gasteiger partial charge in [0.25, 0.3) is 0 Å².